The third-order valence-corrected chi connectivity index (χ3v) is 4.47. The molecule has 1 fully saturated rings. The standard InChI is InChI=1S/C15H18FN5OS.ClH/c16-10-1-3-11(4-2-10)19-15(22)20-12-5-6-21(8-12)9-13-7-18-14(17)23-13;/h1-4,7,12H,5-6,8-9H2,(H2,17,18)(H2,19,20,22);1H. The van der Waals surface area contributed by atoms with Crippen molar-refractivity contribution in [3.8, 4) is 0 Å². The number of amides is 2. The molecule has 24 heavy (non-hydrogen) atoms. The number of anilines is 2. The maximum Gasteiger partial charge on any atom is 0.319 e. The van der Waals surface area contributed by atoms with Gasteiger partial charge in [0.2, 0.25) is 0 Å². The number of urea groups is 1. The molecule has 1 saturated heterocycles. The molecule has 2 amide bonds. The number of nitrogens with two attached hydrogens (primary N) is 1. The zero-order valence-electron chi connectivity index (χ0n) is 12.9. The number of nitrogen functional groups attached to an aromatic ring is 1. The number of aromatic nitrogens is 1. The number of likely N-dealkylation sites (tertiary alicyclic amines) is 1. The molecule has 2 aromatic rings. The zero-order valence-corrected chi connectivity index (χ0v) is 14.5. The van der Waals surface area contributed by atoms with Gasteiger partial charge in [-0.2, -0.15) is 0 Å². The lowest BCUT2D eigenvalue weighted by molar-refractivity contribution is 0.247. The number of rotatable bonds is 4. The Bertz CT molecular complexity index is 681. The summed E-state index contributed by atoms with van der Waals surface area (Å²) in [6.07, 6.45) is 2.69. The molecule has 6 nitrogen and oxygen atoms in total. The average Bonchev–Trinajstić information content (AvgIpc) is 3.11. The van der Waals surface area contributed by atoms with Gasteiger partial charge in [0.1, 0.15) is 5.82 Å². The van der Waals surface area contributed by atoms with Crippen molar-refractivity contribution in [2.45, 2.75) is 19.0 Å². The smallest absolute Gasteiger partial charge is 0.319 e. The van der Waals surface area contributed by atoms with Gasteiger partial charge < -0.3 is 16.4 Å². The second-order valence-corrected chi connectivity index (χ2v) is 6.64. The fraction of sp³-hybridized carbons (Fsp3) is 0.333. The molecular formula is C15H19ClFN5OS. The maximum absolute atomic E-state index is 12.8. The molecule has 1 aliphatic rings. The Kier molecular flexibility index (Phi) is 6.36. The van der Waals surface area contributed by atoms with Crippen LogP contribution in [0.2, 0.25) is 0 Å². The molecule has 0 saturated carbocycles. The van der Waals surface area contributed by atoms with Crippen molar-refractivity contribution in [2.24, 2.45) is 0 Å². The zero-order chi connectivity index (χ0) is 16.2. The van der Waals surface area contributed by atoms with Crippen LogP contribution in [0, 0.1) is 5.82 Å². The number of thiazole rings is 1. The summed E-state index contributed by atoms with van der Waals surface area (Å²) < 4.78 is 12.8. The van der Waals surface area contributed by atoms with Crippen molar-refractivity contribution >= 4 is 40.6 Å². The van der Waals surface area contributed by atoms with Gasteiger partial charge in [-0.15, -0.1) is 23.7 Å². The van der Waals surface area contributed by atoms with Crippen LogP contribution in [0.15, 0.2) is 30.5 Å². The summed E-state index contributed by atoms with van der Waals surface area (Å²) in [4.78, 5) is 19.4. The predicted octanol–water partition coefficient (Wildman–Crippen LogP) is 2.68. The van der Waals surface area contributed by atoms with E-state index >= 15 is 0 Å². The van der Waals surface area contributed by atoms with E-state index in [1.54, 1.807) is 6.20 Å². The fourth-order valence-electron chi connectivity index (χ4n) is 2.60. The molecule has 0 aliphatic carbocycles. The molecule has 1 unspecified atom stereocenters. The molecule has 1 aromatic heterocycles. The highest BCUT2D eigenvalue weighted by Crippen LogP contribution is 2.19. The van der Waals surface area contributed by atoms with E-state index in [0.29, 0.717) is 10.8 Å². The van der Waals surface area contributed by atoms with E-state index in [9.17, 15) is 9.18 Å². The van der Waals surface area contributed by atoms with Crippen molar-refractivity contribution < 1.29 is 9.18 Å². The second-order valence-electron chi connectivity index (χ2n) is 5.49. The first kappa shape index (κ1) is 18.4. The molecular weight excluding hydrogens is 353 g/mol. The van der Waals surface area contributed by atoms with Crippen LogP contribution in [0.25, 0.3) is 0 Å². The Morgan fingerprint density at radius 2 is 2.17 bits per heavy atom. The van der Waals surface area contributed by atoms with Crippen LogP contribution in [-0.2, 0) is 6.54 Å². The van der Waals surface area contributed by atoms with E-state index in [4.69, 9.17) is 5.73 Å². The second kappa shape index (κ2) is 8.27. The number of nitrogens with one attached hydrogen (secondary N) is 2. The minimum Gasteiger partial charge on any atom is -0.375 e. The summed E-state index contributed by atoms with van der Waals surface area (Å²) >= 11 is 1.49. The van der Waals surface area contributed by atoms with Gasteiger partial charge >= 0.3 is 6.03 Å². The Labute approximate surface area is 149 Å². The Morgan fingerprint density at radius 1 is 1.42 bits per heavy atom. The molecule has 2 heterocycles. The van der Waals surface area contributed by atoms with Crippen LogP contribution >= 0.6 is 23.7 Å². The van der Waals surface area contributed by atoms with Crippen molar-refractivity contribution in [1.82, 2.24) is 15.2 Å². The van der Waals surface area contributed by atoms with Crippen LogP contribution in [-0.4, -0.2) is 35.0 Å². The van der Waals surface area contributed by atoms with E-state index in [-0.39, 0.29) is 30.3 Å². The summed E-state index contributed by atoms with van der Waals surface area (Å²) in [6, 6.07) is 5.52. The van der Waals surface area contributed by atoms with E-state index in [2.05, 4.69) is 20.5 Å². The highest BCUT2D eigenvalue weighted by atomic mass is 35.5. The highest BCUT2D eigenvalue weighted by molar-refractivity contribution is 7.15. The van der Waals surface area contributed by atoms with Crippen molar-refractivity contribution in [1.29, 1.82) is 0 Å². The van der Waals surface area contributed by atoms with Gasteiger partial charge in [-0.1, -0.05) is 0 Å². The first-order chi connectivity index (χ1) is 11.1. The van der Waals surface area contributed by atoms with Gasteiger partial charge in [0, 0.05) is 42.4 Å². The lowest BCUT2D eigenvalue weighted by Gasteiger charge is -2.16. The number of halogens is 2. The molecule has 1 atom stereocenters. The third-order valence-electron chi connectivity index (χ3n) is 3.66. The Hall–Kier alpha value is -1.90. The number of benzene rings is 1. The molecule has 1 aromatic carbocycles. The van der Waals surface area contributed by atoms with Gasteiger partial charge in [0.25, 0.3) is 0 Å². The number of hydrogen-bond acceptors (Lipinski definition) is 5. The average molecular weight is 372 g/mol. The van der Waals surface area contributed by atoms with Crippen LogP contribution in [0.3, 0.4) is 0 Å². The van der Waals surface area contributed by atoms with E-state index in [1.165, 1.54) is 35.6 Å². The lowest BCUT2D eigenvalue weighted by Crippen LogP contribution is -2.39. The molecule has 0 spiro atoms. The van der Waals surface area contributed by atoms with E-state index < -0.39 is 0 Å². The fourth-order valence-corrected chi connectivity index (χ4v) is 3.32. The van der Waals surface area contributed by atoms with Gasteiger partial charge in [0.05, 0.1) is 0 Å². The molecule has 0 radical (unpaired) electrons. The van der Waals surface area contributed by atoms with E-state index in [0.717, 1.165) is 30.9 Å². The molecule has 9 heteroatoms. The summed E-state index contributed by atoms with van der Waals surface area (Å²) in [6.45, 7) is 2.50. The molecule has 4 N–H and O–H groups in total. The first-order valence-electron chi connectivity index (χ1n) is 7.34. The summed E-state index contributed by atoms with van der Waals surface area (Å²) in [5, 5.41) is 6.22. The van der Waals surface area contributed by atoms with Crippen LogP contribution < -0.4 is 16.4 Å². The number of carbonyl (C=O) groups excluding carboxylic acids is 1. The predicted molar refractivity (Wildman–Crippen MR) is 96.0 cm³/mol. The quantitative estimate of drug-likeness (QED) is 0.771. The normalized spacial score (nSPS) is 17.3. The molecule has 3 rings (SSSR count). The first-order valence-corrected chi connectivity index (χ1v) is 8.16. The Morgan fingerprint density at radius 3 is 2.83 bits per heavy atom. The molecule has 0 bridgehead atoms. The van der Waals surface area contributed by atoms with Crippen LogP contribution in [0.5, 0.6) is 0 Å². The van der Waals surface area contributed by atoms with Crippen LogP contribution in [0.4, 0.5) is 20.0 Å². The summed E-state index contributed by atoms with van der Waals surface area (Å²) in [7, 11) is 0. The van der Waals surface area contributed by atoms with Gasteiger partial charge in [-0.05, 0) is 30.7 Å². The van der Waals surface area contributed by atoms with Crippen LogP contribution in [0.1, 0.15) is 11.3 Å². The summed E-state index contributed by atoms with van der Waals surface area (Å²) in [5.41, 5.74) is 6.20. The number of hydrogen-bond donors (Lipinski definition) is 3. The van der Waals surface area contributed by atoms with Gasteiger partial charge in [-0.25, -0.2) is 14.2 Å². The SMILES string of the molecule is Cl.Nc1ncc(CN2CCC(NC(=O)Nc3ccc(F)cc3)C2)s1. The monoisotopic (exact) mass is 371 g/mol. The molecule has 130 valence electrons. The lowest BCUT2D eigenvalue weighted by atomic mass is 10.3. The molecule has 1 aliphatic heterocycles. The van der Waals surface area contributed by atoms with Crippen molar-refractivity contribution in [3.63, 3.8) is 0 Å². The Balaban J connectivity index is 0.00000208. The largest absolute Gasteiger partial charge is 0.375 e. The topological polar surface area (TPSA) is 83.3 Å². The highest BCUT2D eigenvalue weighted by Gasteiger charge is 2.24. The van der Waals surface area contributed by atoms with Crippen molar-refractivity contribution in [3.05, 3.63) is 41.2 Å². The maximum atomic E-state index is 12.8. The van der Waals surface area contributed by atoms with Crippen molar-refractivity contribution in [2.75, 3.05) is 24.1 Å². The van der Waals surface area contributed by atoms with Gasteiger partial charge in [-0.3, -0.25) is 4.90 Å². The number of nitrogens with zero attached hydrogens (tertiary/aromatic N) is 2. The minimum absolute atomic E-state index is 0. The van der Waals surface area contributed by atoms with Gasteiger partial charge in [0.15, 0.2) is 5.13 Å². The van der Waals surface area contributed by atoms with E-state index in [1.807, 2.05) is 0 Å². The minimum atomic E-state index is -0.328. The summed E-state index contributed by atoms with van der Waals surface area (Å²) in [5.74, 6) is -0.328. The third kappa shape index (κ3) is 5.05. The number of carbonyl (C=O) groups is 1.